The molecule has 2 aromatic heterocycles. The van der Waals surface area contributed by atoms with E-state index < -0.39 is 0 Å². The molecule has 0 saturated heterocycles. The summed E-state index contributed by atoms with van der Waals surface area (Å²) in [5.74, 6) is 0. The minimum Gasteiger partial charge on any atom is -0.309 e. The predicted octanol–water partition coefficient (Wildman–Crippen LogP) is 1.29. The van der Waals surface area contributed by atoms with Crippen LogP contribution in [0.1, 0.15) is 5.69 Å². The maximum atomic E-state index is 11.4. The molecule has 0 N–H and O–H groups in total. The van der Waals surface area contributed by atoms with E-state index in [0.717, 1.165) is 10.9 Å². The maximum absolute atomic E-state index is 11.4. The molecule has 2 rings (SSSR count). The van der Waals surface area contributed by atoms with Gasteiger partial charge in [-0.05, 0) is 13.0 Å². The molecule has 2 aromatic rings. The van der Waals surface area contributed by atoms with Gasteiger partial charge in [0.05, 0.1) is 11.2 Å². The van der Waals surface area contributed by atoms with E-state index in [1.54, 1.807) is 20.0 Å². The molecule has 0 fully saturated rings. The van der Waals surface area contributed by atoms with Crippen molar-refractivity contribution in [2.45, 2.75) is 6.92 Å². The third-order valence-corrected chi connectivity index (χ3v) is 2.45. The molecule has 0 amide bonds. The van der Waals surface area contributed by atoms with Crippen LogP contribution in [0.15, 0.2) is 16.9 Å². The van der Waals surface area contributed by atoms with E-state index in [0.29, 0.717) is 10.8 Å². The van der Waals surface area contributed by atoms with Crippen molar-refractivity contribution in [1.82, 2.24) is 14.8 Å². The van der Waals surface area contributed by atoms with Crippen LogP contribution in [0.3, 0.4) is 0 Å². The van der Waals surface area contributed by atoms with Crippen molar-refractivity contribution < 1.29 is 0 Å². The molecule has 0 aliphatic carbocycles. The van der Waals surface area contributed by atoms with Crippen LogP contribution in [-0.2, 0) is 7.05 Å². The largest absolute Gasteiger partial charge is 0.309 e. The zero-order valence-electron chi connectivity index (χ0n) is 7.78. The van der Waals surface area contributed by atoms with E-state index in [1.807, 2.05) is 0 Å². The van der Waals surface area contributed by atoms with Gasteiger partial charge in [0, 0.05) is 18.5 Å². The number of hydrogen-bond acceptors (Lipinski definition) is 3. The van der Waals surface area contributed by atoms with Gasteiger partial charge in [0.2, 0.25) is 0 Å². The minimum atomic E-state index is -0.0790. The second kappa shape index (κ2) is 3.06. The summed E-state index contributed by atoms with van der Waals surface area (Å²) >= 11 is 5.86. The Kier molecular flexibility index (Phi) is 2.00. The monoisotopic (exact) mass is 209 g/mol. The Balaban J connectivity index is 3.08. The number of hydrogen-bond donors (Lipinski definition) is 0. The van der Waals surface area contributed by atoms with Gasteiger partial charge in [0.25, 0.3) is 5.56 Å². The third-order valence-electron chi connectivity index (χ3n) is 2.17. The highest BCUT2D eigenvalue weighted by Crippen LogP contribution is 2.19. The van der Waals surface area contributed by atoms with Crippen molar-refractivity contribution in [3.05, 3.63) is 33.3 Å². The molecule has 72 valence electrons. The average Bonchev–Trinajstić information content (AvgIpc) is 2.16. The molecule has 0 atom stereocenters. The molecule has 0 aliphatic rings. The van der Waals surface area contributed by atoms with E-state index in [-0.39, 0.29) is 5.56 Å². The lowest BCUT2D eigenvalue weighted by molar-refractivity contribution is 0.880. The summed E-state index contributed by atoms with van der Waals surface area (Å²) in [7, 11) is 1.69. The summed E-state index contributed by atoms with van der Waals surface area (Å²) in [6.45, 7) is 1.80. The lowest BCUT2D eigenvalue weighted by Crippen LogP contribution is -2.16. The predicted molar refractivity (Wildman–Crippen MR) is 54.5 cm³/mol. The number of aromatic nitrogens is 3. The molecule has 0 spiro atoms. The van der Waals surface area contributed by atoms with Crippen LogP contribution in [0.25, 0.3) is 10.9 Å². The highest BCUT2D eigenvalue weighted by Gasteiger charge is 2.07. The van der Waals surface area contributed by atoms with Crippen molar-refractivity contribution in [2.75, 3.05) is 0 Å². The Hall–Kier alpha value is -1.42. The van der Waals surface area contributed by atoms with Gasteiger partial charge in [-0.2, -0.15) is 5.10 Å². The highest BCUT2D eigenvalue weighted by molar-refractivity contribution is 6.34. The van der Waals surface area contributed by atoms with E-state index in [2.05, 4.69) is 10.2 Å². The lowest BCUT2D eigenvalue weighted by atomic mass is 10.2. The molecule has 0 saturated carbocycles. The first-order chi connectivity index (χ1) is 6.61. The third kappa shape index (κ3) is 1.19. The lowest BCUT2D eigenvalue weighted by Gasteiger charge is -2.06. The van der Waals surface area contributed by atoms with E-state index in [9.17, 15) is 4.79 Å². The minimum absolute atomic E-state index is 0.0790. The van der Waals surface area contributed by atoms with Gasteiger partial charge >= 0.3 is 0 Å². The molecule has 0 unspecified atom stereocenters. The fourth-order valence-corrected chi connectivity index (χ4v) is 1.65. The van der Waals surface area contributed by atoms with E-state index >= 15 is 0 Å². The number of pyridine rings is 1. The van der Waals surface area contributed by atoms with Crippen LogP contribution >= 0.6 is 11.6 Å². The molecular weight excluding hydrogens is 202 g/mol. The van der Waals surface area contributed by atoms with Crippen LogP contribution in [0, 0.1) is 6.92 Å². The van der Waals surface area contributed by atoms with Crippen molar-refractivity contribution in [2.24, 2.45) is 7.05 Å². The van der Waals surface area contributed by atoms with Crippen molar-refractivity contribution in [3.8, 4) is 0 Å². The molecule has 5 heteroatoms. The van der Waals surface area contributed by atoms with Gasteiger partial charge in [0.1, 0.15) is 0 Å². The second-order valence-electron chi connectivity index (χ2n) is 3.07. The summed E-state index contributed by atoms with van der Waals surface area (Å²) < 4.78 is 1.52. The first-order valence-corrected chi connectivity index (χ1v) is 4.47. The van der Waals surface area contributed by atoms with E-state index in [4.69, 9.17) is 11.6 Å². The Morgan fingerprint density at radius 1 is 1.36 bits per heavy atom. The summed E-state index contributed by atoms with van der Waals surface area (Å²) in [6.07, 6.45) is 0. The van der Waals surface area contributed by atoms with Gasteiger partial charge in [-0.3, -0.25) is 4.79 Å². The average molecular weight is 210 g/mol. The molecule has 4 nitrogen and oxygen atoms in total. The smallest absolute Gasteiger partial charge is 0.250 e. The summed E-state index contributed by atoms with van der Waals surface area (Å²) in [5.41, 5.74) is 1.35. The Bertz CT molecular complexity index is 562. The number of aryl methyl sites for hydroxylation is 2. The number of nitrogens with zero attached hydrogens (tertiary/aromatic N) is 3. The zero-order valence-corrected chi connectivity index (χ0v) is 8.54. The van der Waals surface area contributed by atoms with Crippen molar-refractivity contribution in [3.63, 3.8) is 0 Å². The van der Waals surface area contributed by atoms with Gasteiger partial charge in [-0.25, -0.2) is 0 Å². The topological polar surface area (TPSA) is 47.8 Å². The SMILES string of the molecule is Cc1nnc(Cl)c2ccc(=O)n(C)c12. The fourth-order valence-electron chi connectivity index (χ4n) is 1.46. The number of rotatable bonds is 0. The van der Waals surface area contributed by atoms with E-state index in [1.165, 1.54) is 10.6 Å². The summed E-state index contributed by atoms with van der Waals surface area (Å²) in [5, 5.41) is 8.72. The summed E-state index contributed by atoms with van der Waals surface area (Å²) in [4.78, 5) is 11.4. The second-order valence-corrected chi connectivity index (χ2v) is 3.43. The molecule has 14 heavy (non-hydrogen) atoms. The Labute approximate surface area is 85.1 Å². The number of halogens is 1. The normalized spacial score (nSPS) is 10.8. The molecule has 0 aromatic carbocycles. The molecule has 0 bridgehead atoms. The van der Waals surface area contributed by atoms with Gasteiger partial charge in [0.15, 0.2) is 5.15 Å². The van der Waals surface area contributed by atoms with Gasteiger partial charge in [-0.1, -0.05) is 11.6 Å². The molecule has 0 radical (unpaired) electrons. The van der Waals surface area contributed by atoms with Crippen LogP contribution in [0.5, 0.6) is 0 Å². The van der Waals surface area contributed by atoms with Crippen LogP contribution in [0.2, 0.25) is 5.15 Å². The van der Waals surface area contributed by atoms with Crippen LogP contribution in [0.4, 0.5) is 0 Å². The van der Waals surface area contributed by atoms with Crippen LogP contribution in [-0.4, -0.2) is 14.8 Å². The Morgan fingerprint density at radius 3 is 2.79 bits per heavy atom. The van der Waals surface area contributed by atoms with Gasteiger partial charge < -0.3 is 4.57 Å². The number of fused-ring (bicyclic) bond motifs is 1. The van der Waals surface area contributed by atoms with Crippen molar-refractivity contribution in [1.29, 1.82) is 0 Å². The first kappa shape index (κ1) is 9.15. The molecular formula is C9H8ClN3O. The van der Waals surface area contributed by atoms with Crippen molar-refractivity contribution >= 4 is 22.5 Å². The maximum Gasteiger partial charge on any atom is 0.250 e. The van der Waals surface area contributed by atoms with Gasteiger partial charge in [-0.15, -0.1) is 5.10 Å². The highest BCUT2D eigenvalue weighted by atomic mass is 35.5. The molecule has 0 aliphatic heterocycles. The Morgan fingerprint density at radius 2 is 2.07 bits per heavy atom. The quantitative estimate of drug-likeness (QED) is 0.657. The zero-order chi connectivity index (χ0) is 10.3. The fraction of sp³-hybridized carbons (Fsp3) is 0.222. The summed E-state index contributed by atoms with van der Waals surface area (Å²) in [6, 6.07) is 3.14. The molecule has 2 heterocycles. The van der Waals surface area contributed by atoms with Crippen LogP contribution < -0.4 is 5.56 Å². The first-order valence-electron chi connectivity index (χ1n) is 4.10. The standard InChI is InChI=1S/C9H8ClN3O/c1-5-8-6(9(10)12-11-5)3-4-7(14)13(8)2/h3-4H,1-2H3.